The second kappa shape index (κ2) is 8.25. The highest BCUT2D eigenvalue weighted by atomic mass is 19.1. The molecule has 0 spiro atoms. The van der Waals surface area contributed by atoms with Crippen molar-refractivity contribution in [1.29, 1.82) is 0 Å². The van der Waals surface area contributed by atoms with Crippen molar-refractivity contribution in [2.75, 3.05) is 13.2 Å². The summed E-state index contributed by atoms with van der Waals surface area (Å²) in [5.41, 5.74) is 2.52. The van der Waals surface area contributed by atoms with E-state index >= 15 is 0 Å². The molecule has 0 saturated carbocycles. The summed E-state index contributed by atoms with van der Waals surface area (Å²) in [4.78, 5) is 14.7. The molecule has 1 saturated heterocycles. The number of halogens is 1. The van der Waals surface area contributed by atoms with Gasteiger partial charge in [0.15, 0.2) is 0 Å². The summed E-state index contributed by atoms with van der Waals surface area (Å²) >= 11 is 0. The Morgan fingerprint density at radius 3 is 2.86 bits per heavy atom. The predicted molar refractivity (Wildman–Crippen MR) is 104 cm³/mol. The zero-order chi connectivity index (χ0) is 19.3. The normalized spacial score (nSPS) is 16.3. The number of carbonyl (C=O) groups excluding carboxylic acids is 1. The third kappa shape index (κ3) is 4.06. The molecule has 28 heavy (non-hydrogen) atoms. The number of nitrogens with one attached hydrogen (secondary N) is 1. The first kappa shape index (κ1) is 18.2. The van der Waals surface area contributed by atoms with Gasteiger partial charge in [-0.2, -0.15) is 5.10 Å². The number of aromatic amines is 1. The highest BCUT2D eigenvalue weighted by molar-refractivity contribution is 5.94. The van der Waals surface area contributed by atoms with Gasteiger partial charge in [0, 0.05) is 30.3 Å². The quantitative estimate of drug-likeness (QED) is 0.700. The van der Waals surface area contributed by atoms with E-state index < -0.39 is 0 Å². The number of ether oxygens (including phenoxy) is 1. The predicted octanol–water partition coefficient (Wildman–Crippen LogP) is 4.15. The average Bonchev–Trinajstić information content (AvgIpc) is 3.37. The van der Waals surface area contributed by atoms with Gasteiger partial charge in [0.25, 0.3) is 5.91 Å². The van der Waals surface area contributed by atoms with Crippen LogP contribution < -0.4 is 4.74 Å². The van der Waals surface area contributed by atoms with Crippen molar-refractivity contribution >= 4 is 5.91 Å². The molecule has 6 heteroatoms. The second-order valence-corrected chi connectivity index (χ2v) is 6.90. The molecule has 1 amide bonds. The van der Waals surface area contributed by atoms with Gasteiger partial charge in [-0.25, -0.2) is 4.39 Å². The number of carbonyl (C=O) groups is 1. The number of aromatic nitrogens is 2. The van der Waals surface area contributed by atoms with E-state index in [4.69, 9.17) is 4.74 Å². The van der Waals surface area contributed by atoms with Crippen LogP contribution in [0, 0.1) is 5.82 Å². The maximum absolute atomic E-state index is 13.2. The summed E-state index contributed by atoms with van der Waals surface area (Å²) < 4.78 is 18.8. The Balaban J connectivity index is 1.38. The summed E-state index contributed by atoms with van der Waals surface area (Å²) in [6.07, 6.45) is 2.50. The van der Waals surface area contributed by atoms with Gasteiger partial charge in [-0.05, 0) is 43.2 Å². The Morgan fingerprint density at radius 2 is 2.04 bits per heavy atom. The Morgan fingerprint density at radius 1 is 1.18 bits per heavy atom. The van der Waals surface area contributed by atoms with Crippen LogP contribution in [0.3, 0.4) is 0 Å². The van der Waals surface area contributed by atoms with Crippen LogP contribution in [0.15, 0.2) is 60.7 Å². The van der Waals surface area contributed by atoms with Crippen molar-refractivity contribution < 1.29 is 13.9 Å². The number of hydrogen-bond donors (Lipinski definition) is 1. The molecule has 0 radical (unpaired) electrons. The van der Waals surface area contributed by atoms with Crippen molar-refractivity contribution in [2.24, 2.45) is 0 Å². The van der Waals surface area contributed by atoms with Crippen LogP contribution in [0.4, 0.5) is 4.39 Å². The van der Waals surface area contributed by atoms with Gasteiger partial charge in [0.1, 0.15) is 11.6 Å². The first-order valence-electron chi connectivity index (χ1n) is 9.49. The number of amides is 1. The van der Waals surface area contributed by atoms with Crippen molar-refractivity contribution in [3.63, 3.8) is 0 Å². The van der Waals surface area contributed by atoms with Crippen LogP contribution in [0.25, 0.3) is 0 Å². The van der Waals surface area contributed by atoms with Crippen LogP contribution in [-0.2, 0) is 6.42 Å². The van der Waals surface area contributed by atoms with E-state index in [-0.39, 0.29) is 17.8 Å². The lowest BCUT2D eigenvalue weighted by molar-refractivity contribution is 0.0733. The lowest BCUT2D eigenvalue weighted by Crippen LogP contribution is -2.30. The van der Waals surface area contributed by atoms with Crippen molar-refractivity contribution in [3.05, 3.63) is 83.4 Å². The molecule has 144 valence electrons. The molecule has 5 nitrogen and oxygen atoms in total. The minimum Gasteiger partial charge on any atom is -0.493 e. The highest BCUT2D eigenvalue weighted by Crippen LogP contribution is 2.32. The van der Waals surface area contributed by atoms with Gasteiger partial charge in [0.2, 0.25) is 0 Å². The van der Waals surface area contributed by atoms with Gasteiger partial charge < -0.3 is 9.64 Å². The average molecular weight is 379 g/mol. The first-order chi connectivity index (χ1) is 13.7. The van der Waals surface area contributed by atoms with Gasteiger partial charge in [-0.15, -0.1) is 0 Å². The minimum atomic E-state index is -0.314. The molecule has 2 heterocycles. The minimum absolute atomic E-state index is 0.0122. The first-order valence-corrected chi connectivity index (χ1v) is 9.49. The van der Waals surface area contributed by atoms with Crippen LogP contribution in [0.2, 0.25) is 0 Å². The molecular formula is C22H22FN3O2. The Hall–Kier alpha value is -3.15. The van der Waals surface area contributed by atoms with E-state index in [1.165, 1.54) is 12.1 Å². The monoisotopic (exact) mass is 379 g/mol. The lowest BCUT2D eigenvalue weighted by Gasteiger charge is -2.23. The number of benzene rings is 2. The van der Waals surface area contributed by atoms with E-state index in [1.807, 2.05) is 41.3 Å². The summed E-state index contributed by atoms with van der Waals surface area (Å²) in [6, 6.07) is 17.4. The lowest BCUT2D eigenvalue weighted by atomic mass is 10.1. The molecule has 1 fully saturated rings. The van der Waals surface area contributed by atoms with Crippen LogP contribution >= 0.6 is 0 Å². The van der Waals surface area contributed by atoms with E-state index in [9.17, 15) is 9.18 Å². The summed E-state index contributed by atoms with van der Waals surface area (Å²) in [6.45, 7) is 1.16. The fourth-order valence-electron chi connectivity index (χ4n) is 3.58. The third-order valence-corrected chi connectivity index (χ3v) is 4.96. The van der Waals surface area contributed by atoms with Crippen LogP contribution in [0.1, 0.15) is 40.6 Å². The largest absolute Gasteiger partial charge is 0.493 e. The fourth-order valence-corrected chi connectivity index (χ4v) is 3.58. The zero-order valence-electron chi connectivity index (χ0n) is 15.5. The Kier molecular flexibility index (Phi) is 5.37. The molecule has 1 N–H and O–H groups in total. The van der Waals surface area contributed by atoms with Crippen molar-refractivity contribution in [2.45, 2.75) is 25.3 Å². The number of nitrogens with zero attached hydrogens (tertiary/aromatic N) is 2. The molecule has 0 bridgehead atoms. The molecule has 0 aliphatic carbocycles. The SMILES string of the molecule is O=C(c1ccccc1)N1CCC[C@H]1c1cc(CCOc2cccc(F)c2)[nH]n1. The maximum Gasteiger partial charge on any atom is 0.254 e. The highest BCUT2D eigenvalue weighted by Gasteiger charge is 2.32. The van der Waals surface area contributed by atoms with Crippen molar-refractivity contribution in [1.82, 2.24) is 15.1 Å². The zero-order valence-corrected chi connectivity index (χ0v) is 15.5. The number of rotatable bonds is 6. The van der Waals surface area contributed by atoms with Gasteiger partial charge >= 0.3 is 0 Å². The van der Waals surface area contributed by atoms with Crippen LogP contribution in [-0.4, -0.2) is 34.2 Å². The molecule has 1 atom stereocenters. The summed E-state index contributed by atoms with van der Waals surface area (Å²) in [5, 5.41) is 7.47. The summed E-state index contributed by atoms with van der Waals surface area (Å²) in [7, 11) is 0. The molecule has 0 unspecified atom stereocenters. The maximum atomic E-state index is 13.2. The van der Waals surface area contributed by atoms with Gasteiger partial charge in [-0.1, -0.05) is 24.3 Å². The van der Waals surface area contributed by atoms with Gasteiger partial charge in [0.05, 0.1) is 18.3 Å². The molecule has 1 aromatic heterocycles. The third-order valence-electron chi connectivity index (χ3n) is 4.96. The second-order valence-electron chi connectivity index (χ2n) is 6.90. The molecule has 1 aliphatic rings. The smallest absolute Gasteiger partial charge is 0.254 e. The number of hydrogen-bond acceptors (Lipinski definition) is 3. The molecular weight excluding hydrogens is 357 g/mol. The van der Waals surface area contributed by atoms with Gasteiger partial charge in [-0.3, -0.25) is 9.89 Å². The van der Waals surface area contributed by atoms with E-state index in [0.717, 1.165) is 30.8 Å². The Labute approximate surface area is 163 Å². The topological polar surface area (TPSA) is 58.2 Å². The van der Waals surface area contributed by atoms with E-state index in [1.54, 1.807) is 12.1 Å². The number of H-pyrrole nitrogens is 1. The van der Waals surface area contributed by atoms with Crippen molar-refractivity contribution in [3.8, 4) is 5.75 Å². The molecule has 2 aromatic carbocycles. The standard InChI is InChI=1S/C22H22FN3O2/c23-17-8-4-9-19(14-17)28-13-11-18-15-20(25-24-18)21-10-5-12-26(21)22(27)16-6-2-1-3-7-16/h1-4,6-9,14-15,21H,5,10-13H2,(H,24,25)/t21-/m0/s1. The fraction of sp³-hybridized carbons (Fsp3) is 0.273. The molecule has 3 aromatic rings. The molecule has 4 rings (SSSR count). The Bertz CT molecular complexity index is 942. The molecule has 1 aliphatic heterocycles. The summed E-state index contributed by atoms with van der Waals surface area (Å²) in [5.74, 6) is 0.239. The number of likely N-dealkylation sites (tertiary alicyclic amines) is 1. The van der Waals surface area contributed by atoms with E-state index in [2.05, 4.69) is 10.2 Å². The van der Waals surface area contributed by atoms with Crippen LogP contribution in [0.5, 0.6) is 5.75 Å². The van der Waals surface area contributed by atoms with E-state index in [0.29, 0.717) is 24.3 Å².